The van der Waals surface area contributed by atoms with E-state index in [1.807, 2.05) is 0 Å². The van der Waals surface area contributed by atoms with Crippen molar-refractivity contribution in [2.45, 2.75) is 12.6 Å². The first-order chi connectivity index (χ1) is 25.9. The highest BCUT2D eigenvalue weighted by Crippen LogP contribution is 2.32. The number of para-hydroxylation sites is 1. The number of halogens is 8. The van der Waals surface area contributed by atoms with E-state index in [1.165, 1.54) is 18.2 Å². The molecule has 11 nitrogen and oxygen atoms in total. The Kier molecular flexibility index (Phi) is 19.1. The number of esters is 2. The van der Waals surface area contributed by atoms with Crippen molar-refractivity contribution >= 4 is 23.3 Å². The van der Waals surface area contributed by atoms with Crippen LogP contribution in [0.25, 0.3) is 0 Å². The molecule has 0 heterocycles. The number of ether oxygens (including phenoxy) is 8. The van der Waals surface area contributed by atoms with Gasteiger partial charge in [0, 0.05) is 5.69 Å². The number of hydrogen-bond acceptors (Lipinski definition) is 11. The van der Waals surface area contributed by atoms with Crippen LogP contribution >= 0.6 is 0 Å². The van der Waals surface area contributed by atoms with Gasteiger partial charge in [0.25, 0.3) is 0 Å². The van der Waals surface area contributed by atoms with Gasteiger partial charge in [0.05, 0.1) is 103 Å². The summed E-state index contributed by atoms with van der Waals surface area (Å²) in [6.45, 7) is 2.12. The van der Waals surface area contributed by atoms with Crippen LogP contribution in [0, 0.1) is 29.1 Å². The number of carbonyl (C=O) groups is 2. The molecule has 3 aromatic carbocycles. The van der Waals surface area contributed by atoms with Crippen LogP contribution in [0.2, 0.25) is 0 Å². The number of benzene rings is 3. The van der Waals surface area contributed by atoms with Gasteiger partial charge in [-0.25, -0.2) is 18.0 Å². The second-order valence-electron chi connectivity index (χ2n) is 10.7. The lowest BCUT2D eigenvalue weighted by Crippen LogP contribution is -2.16. The quantitative estimate of drug-likeness (QED) is 0.0257. The highest BCUT2D eigenvalue weighted by molar-refractivity contribution is 5.96. The molecule has 0 saturated carbocycles. The molecule has 0 aliphatic rings. The molecule has 0 radical (unpaired) electrons. The SMILES string of the molecule is O=C(CCOCCOCCOCCOCCOCCOCCOC(=O)c1ccccc1Nc1cccc(C(F)(F)F)c1)Oc1c(F)c(F)c(F)c(F)c1F. The molecule has 0 saturated heterocycles. The van der Waals surface area contributed by atoms with Gasteiger partial charge in [-0.1, -0.05) is 18.2 Å². The Hall–Kier alpha value is -4.40. The van der Waals surface area contributed by atoms with Gasteiger partial charge in [0.15, 0.2) is 0 Å². The van der Waals surface area contributed by atoms with Gasteiger partial charge in [0.1, 0.15) is 6.61 Å². The minimum Gasteiger partial charge on any atom is -0.460 e. The van der Waals surface area contributed by atoms with E-state index in [9.17, 15) is 44.7 Å². The van der Waals surface area contributed by atoms with Crippen molar-refractivity contribution < 1.29 is 82.6 Å². The van der Waals surface area contributed by atoms with Crippen molar-refractivity contribution in [1.82, 2.24) is 0 Å². The molecule has 3 rings (SSSR count). The predicted molar refractivity (Wildman–Crippen MR) is 173 cm³/mol. The number of carbonyl (C=O) groups excluding carboxylic acids is 2. The summed E-state index contributed by atoms with van der Waals surface area (Å²) in [5, 5.41) is 2.82. The van der Waals surface area contributed by atoms with Crippen LogP contribution in [0.15, 0.2) is 48.5 Å². The molecular formula is C35H37F8NO10. The maximum absolute atomic E-state index is 13.6. The predicted octanol–water partition coefficient (Wildman–Crippen LogP) is 6.40. The molecular weight excluding hydrogens is 746 g/mol. The average molecular weight is 784 g/mol. The molecule has 54 heavy (non-hydrogen) atoms. The van der Waals surface area contributed by atoms with E-state index in [-0.39, 0.29) is 76.4 Å². The molecule has 0 aromatic heterocycles. The fourth-order valence-corrected chi connectivity index (χ4v) is 4.17. The second-order valence-corrected chi connectivity index (χ2v) is 10.7. The first kappa shape index (κ1) is 44.0. The van der Waals surface area contributed by atoms with Crippen LogP contribution in [0.4, 0.5) is 46.5 Å². The lowest BCUT2D eigenvalue weighted by Gasteiger charge is -2.13. The first-order valence-electron chi connectivity index (χ1n) is 16.3. The van der Waals surface area contributed by atoms with Crippen LogP contribution in [-0.4, -0.2) is 97.8 Å². The molecule has 298 valence electrons. The molecule has 0 unspecified atom stereocenters. The molecule has 0 fully saturated rings. The Balaban J connectivity index is 1.10. The summed E-state index contributed by atoms with van der Waals surface area (Å²) in [5.74, 6) is -15.0. The Morgan fingerprint density at radius 2 is 1.02 bits per heavy atom. The number of hydrogen-bond donors (Lipinski definition) is 1. The van der Waals surface area contributed by atoms with Gasteiger partial charge in [0.2, 0.25) is 34.8 Å². The number of rotatable bonds is 25. The van der Waals surface area contributed by atoms with Crippen molar-refractivity contribution in [2.24, 2.45) is 0 Å². The third-order valence-corrected chi connectivity index (χ3v) is 6.77. The van der Waals surface area contributed by atoms with E-state index >= 15 is 0 Å². The number of anilines is 2. The fourth-order valence-electron chi connectivity index (χ4n) is 4.17. The molecule has 3 aromatic rings. The number of alkyl halides is 3. The van der Waals surface area contributed by atoms with Crippen LogP contribution in [0.1, 0.15) is 22.3 Å². The van der Waals surface area contributed by atoms with Crippen molar-refractivity contribution in [3.05, 3.63) is 88.7 Å². The second kappa shape index (κ2) is 23.4. The zero-order valence-electron chi connectivity index (χ0n) is 28.6. The summed E-state index contributed by atoms with van der Waals surface area (Å²) in [5.41, 5.74) is -0.233. The molecule has 0 amide bonds. The monoisotopic (exact) mass is 783 g/mol. The molecule has 0 aliphatic heterocycles. The van der Waals surface area contributed by atoms with E-state index in [1.54, 1.807) is 18.2 Å². The van der Waals surface area contributed by atoms with Crippen molar-refractivity contribution in [1.29, 1.82) is 0 Å². The molecule has 0 atom stereocenters. The van der Waals surface area contributed by atoms with Gasteiger partial charge in [-0.2, -0.15) is 22.0 Å². The normalized spacial score (nSPS) is 11.5. The zero-order valence-corrected chi connectivity index (χ0v) is 28.6. The van der Waals surface area contributed by atoms with E-state index in [0.717, 1.165) is 12.1 Å². The van der Waals surface area contributed by atoms with Crippen molar-refractivity contribution in [3.8, 4) is 5.75 Å². The van der Waals surface area contributed by atoms with E-state index < -0.39 is 64.9 Å². The van der Waals surface area contributed by atoms with Crippen molar-refractivity contribution in [2.75, 3.05) is 91.2 Å². The van der Waals surface area contributed by atoms with Gasteiger partial charge in [-0.15, -0.1) is 0 Å². The lowest BCUT2D eigenvalue weighted by atomic mass is 10.1. The molecule has 1 N–H and O–H groups in total. The molecule has 19 heteroatoms. The Morgan fingerprint density at radius 1 is 0.556 bits per heavy atom. The topological polar surface area (TPSA) is 120 Å². The van der Waals surface area contributed by atoms with Crippen LogP contribution in [0.5, 0.6) is 5.75 Å². The Labute approximate surface area is 304 Å². The molecule has 0 spiro atoms. The van der Waals surface area contributed by atoms with Crippen LogP contribution in [-0.2, 0) is 44.1 Å². The average Bonchev–Trinajstić information content (AvgIpc) is 3.15. The van der Waals surface area contributed by atoms with Crippen LogP contribution < -0.4 is 10.1 Å². The van der Waals surface area contributed by atoms with Gasteiger partial charge in [-0.3, -0.25) is 4.79 Å². The number of nitrogens with one attached hydrogen (secondary N) is 1. The summed E-state index contributed by atoms with van der Waals surface area (Å²) in [6, 6.07) is 10.9. The standard InChI is InChI=1S/C35H37F8NO10/c36-28-29(37)31(39)33(32(40)30(28)38)54-27(45)8-9-47-10-11-48-12-13-49-14-15-50-16-17-51-18-19-52-20-21-53-34(46)25-6-1-2-7-26(25)44-24-5-3-4-23(22-24)35(41,42)43/h1-7,22,44H,8-21H2. The minimum absolute atomic E-state index is 0.0435. The molecule has 0 aliphatic carbocycles. The van der Waals surface area contributed by atoms with Crippen molar-refractivity contribution in [3.63, 3.8) is 0 Å². The van der Waals surface area contributed by atoms with E-state index in [4.69, 9.17) is 33.2 Å². The molecule has 0 bridgehead atoms. The Morgan fingerprint density at radius 3 is 1.54 bits per heavy atom. The fraction of sp³-hybridized carbons (Fsp3) is 0.429. The third-order valence-electron chi connectivity index (χ3n) is 6.77. The van der Waals surface area contributed by atoms with E-state index in [0.29, 0.717) is 26.4 Å². The highest BCUT2D eigenvalue weighted by atomic mass is 19.4. The minimum atomic E-state index is -4.51. The largest absolute Gasteiger partial charge is 0.460 e. The van der Waals surface area contributed by atoms with Gasteiger partial charge in [-0.05, 0) is 30.3 Å². The lowest BCUT2D eigenvalue weighted by molar-refractivity contribution is -0.138. The maximum atomic E-state index is 13.6. The summed E-state index contributed by atoms with van der Waals surface area (Å²) in [6.07, 6.45) is -5.02. The Bertz CT molecular complexity index is 1600. The summed E-state index contributed by atoms with van der Waals surface area (Å²) < 4.78 is 147. The first-order valence-corrected chi connectivity index (χ1v) is 16.3. The summed E-state index contributed by atoms with van der Waals surface area (Å²) in [4.78, 5) is 24.2. The zero-order chi connectivity index (χ0) is 39.3. The highest BCUT2D eigenvalue weighted by Gasteiger charge is 2.31. The van der Waals surface area contributed by atoms with Crippen LogP contribution in [0.3, 0.4) is 0 Å². The summed E-state index contributed by atoms with van der Waals surface area (Å²) >= 11 is 0. The summed E-state index contributed by atoms with van der Waals surface area (Å²) in [7, 11) is 0. The third kappa shape index (κ3) is 15.2. The smallest absolute Gasteiger partial charge is 0.416 e. The maximum Gasteiger partial charge on any atom is 0.416 e. The van der Waals surface area contributed by atoms with E-state index in [2.05, 4.69) is 10.1 Å². The van der Waals surface area contributed by atoms with Gasteiger partial charge >= 0.3 is 18.1 Å². The van der Waals surface area contributed by atoms with Gasteiger partial charge < -0.3 is 43.2 Å².